The van der Waals surface area contributed by atoms with Crippen LogP contribution in [0.5, 0.6) is 5.75 Å². The van der Waals surface area contributed by atoms with Crippen molar-refractivity contribution in [2.75, 3.05) is 5.32 Å². The van der Waals surface area contributed by atoms with E-state index in [2.05, 4.69) is 10.5 Å². The predicted molar refractivity (Wildman–Crippen MR) is 90.9 cm³/mol. The summed E-state index contributed by atoms with van der Waals surface area (Å²) in [6.07, 6.45) is -0.00264. The minimum absolute atomic E-state index is 0.00264. The van der Waals surface area contributed by atoms with Crippen LogP contribution in [0.1, 0.15) is 27.2 Å². The second kappa shape index (κ2) is 6.27. The number of carboxylic acids is 1. The molecule has 3 rings (SSSR count). The number of carboxylic acid groups (broad SMARTS) is 1. The molecule has 128 valence electrons. The van der Waals surface area contributed by atoms with Crippen LogP contribution < -0.4 is 5.32 Å². The number of phenols is 1. The highest BCUT2D eigenvalue weighted by molar-refractivity contribution is 5.96. The Morgan fingerprint density at radius 3 is 2.64 bits per heavy atom. The quantitative estimate of drug-likeness (QED) is 0.673. The monoisotopic (exact) mass is 340 g/mol. The van der Waals surface area contributed by atoms with Gasteiger partial charge in [-0.1, -0.05) is 11.2 Å². The van der Waals surface area contributed by atoms with Crippen LogP contribution in [0.25, 0.3) is 11.0 Å². The van der Waals surface area contributed by atoms with Crippen LogP contribution in [-0.4, -0.2) is 27.2 Å². The van der Waals surface area contributed by atoms with Crippen LogP contribution in [0, 0.1) is 13.8 Å². The van der Waals surface area contributed by atoms with Gasteiger partial charge in [-0.05, 0) is 43.2 Å². The first-order valence-electron chi connectivity index (χ1n) is 7.57. The van der Waals surface area contributed by atoms with E-state index in [1.165, 1.54) is 18.2 Å². The molecule has 0 unspecified atom stereocenters. The van der Waals surface area contributed by atoms with Crippen LogP contribution in [0.2, 0.25) is 0 Å². The van der Waals surface area contributed by atoms with Crippen molar-refractivity contribution in [2.24, 2.45) is 0 Å². The van der Waals surface area contributed by atoms with E-state index in [1.807, 2.05) is 26.0 Å². The van der Waals surface area contributed by atoms with Gasteiger partial charge in [0.1, 0.15) is 17.0 Å². The Labute approximate surface area is 142 Å². The molecule has 3 N–H and O–H groups in total. The zero-order valence-corrected chi connectivity index (χ0v) is 13.7. The average molecular weight is 340 g/mol. The van der Waals surface area contributed by atoms with Crippen molar-refractivity contribution >= 4 is 28.5 Å². The molecule has 0 aliphatic heterocycles. The molecule has 0 saturated heterocycles. The van der Waals surface area contributed by atoms with Gasteiger partial charge >= 0.3 is 5.97 Å². The largest absolute Gasteiger partial charge is 0.507 e. The fourth-order valence-electron chi connectivity index (χ4n) is 2.71. The Morgan fingerprint density at radius 1 is 1.20 bits per heavy atom. The van der Waals surface area contributed by atoms with E-state index in [-0.39, 0.29) is 17.9 Å². The van der Waals surface area contributed by atoms with Gasteiger partial charge in [0.25, 0.3) is 0 Å². The number of carbonyl (C=O) groups is 2. The summed E-state index contributed by atoms with van der Waals surface area (Å²) >= 11 is 0. The maximum absolute atomic E-state index is 12.2. The molecule has 1 heterocycles. The summed E-state index contributed by atoms with van der Waals surface area (Å²) in [5.41, 5.74) is 3.23. The number of amides is 1. The van der Waals surface area contributed by atoms with Crippen molar-refractivity contribution in [1.29, 1.82) is 0 Å². The van der Waals surface area contributed by atoms with Crippen LogP contribution in [-0.2, 0) is 11.2 Å². The molecule has 0 spiro atoms. The minimum atomic E-state index is -1.24. The first-order valence-corrected chi connectivity index (χ1v) is 7.57. The summed E-state index contributed by atoms with van der Waals surface area (Å²) in [6.45, 7) is 3.87. The number of aryl methyl sites for hydroxylation is 2. The molecule has 1 amide bonds. The van der Waals surface area contributed by atoms with Gasteiger partial charge in [-0.2, -0.15) is 0 Å². The van der Waals surface area contributed by atoms with E-state index in [0.29, 0.717) is 17.0 Å². The number of hydrogen-bond donors (Lipinski definition) is 3. The highest BCUT2D eigenvalue weighted by Gasteiger charge is 2.16. The van der Waals surface area contributed by atoms with Gasteiger partial charge in [-0.3, -0.25) is 4.79 Å². The molecule has 2 aromatic carbocycles. The molecule has 7 heteroatoms. The summed E-state index contributed by atoms with van der Waals surface area (Å²) in [6, 6.07) is 7.72. The van der Waals surface area contributed by atoms with Crippen molar-refractivity contribution in [3.63, 3.8) is 0 Å². The van der Waals surface area contributed by atoms with E-state index in [9.17, 15) is 14.7 Å². The standard InChI is InChI=1S/C18H16N2O5/c1-9-5-10(2)17-13(6-9)14(20-25-17)8-16(22)19-11-3-4-12(18(23)24)15(21)7-11/h3-7,21H,8H2,1-2H3,(H,19,22)(H,23,24). The van der Waals surface area contributed by atoms with E-state index >= 15 is 0 Å². The molecular formula is C18H16N2O5. The van der Waals surface area contributed by atoms with Crippen molar-refractivity contribution in [2.45, 2.75) is 20.3 Å². The number of aromatic carboxylic acids is 1. The van der Waals surface area contributed by atoms with Crippen molar-refractivity contribution in [1.82, 2.24) is 5.16 Å². The highest BCUT2D eigenvalue weighted by atomic mass is 16.5. The zero-order valence-electron chi connectivity index (χ0n) is 13.7. The maximum atomic E-state index is 12.2. The number of aromatic hydroxyl groups is 1. The lowest BCUT2D eigenvalue weighted by Crippen LogP contribution is -2.15. The summed E-state index contributed by atoms with van der Waals surface area (Å²) < 4.78 is 5.31. The lowest BCUT2D eigenvalue weighted by atomic mass is 10.1. The lowest BCUT2D eigenvalue weighted by molar-refractivity contribution is -0.115. The first-order chi connectivity index (χ1) is 11.8. The fourth-order valence-corrected chi connectivity index (χ4v) is 2.71. The van der Waals surface area contributed by atoms with E-state index in [4.69, 9.17) is 9.63 Å². The lowest BCUT2D eigenvalue weighted by Gasteiger charge is -2.06. The Kier molecular flexibility index (Phi) is 4.14. The van der Waals surface area contributed by atoms with Crippen molar-refractivity contribution in [3.05, 3.63) is 52.7 Å². The Bertz CT molecular complexity index is 991. The number of nitrogens with one attached hydrogen (secondary N) is 1. The zero-order chi connectivity index (χ0) is 18.1. The Balaban J connectivity index is 1.79. The number of carbonyl (C=O) groups excluding carboxylic acids is 1. The number of nitrogens with zero attached hydrogens (tertiary/aromatic N) is 1. The topological polar surface area (TPSA) is 113 Å². The molecule has 0 bridgehead atoms. The van der Waals surface area contributed by atoms with E-state index in [1.54, 1.807) is 0 Å². The van der Waals surface area contributed by atoms with Crippen molar-refractivity contribution < 1.29 is 24.3 Å². The fraction of sp³-hybridized carbons (Fsp3) is 0.167. The van der Waals surface area contributed by atoms with Crippen LogP contribution >= 0.6 is 0 Å². The Morgan fingerprint density at radius 2 is 1.96 bits per heavy atom. The molecule has 0 aliphatic rings. The van der Waals surface area contributed by atoms with Gasteiger partial charge in [-0.15, -0.1) is 0 Å². The maximum Gasteiger partial charge on any atom is 0.339 e. The number of fused-ring (bicyclic) bond motifs is 1. The number of hydrogen-bond acceptors (Lipinski definition) is 5. The van der Waals surface area contributed by atoms with Gasteiger partial charge in [0, 0.05) is 17.1 Å². The molecule has 0 fully saturated rings. The Hall–Kier alpha value is -3.35. The number of benzene rings is 2. The number of aromatic nitrogens is 1. The summed E-state index contributed by atoms with van der Waals surface area (Å²) in [5.74, 6) is -2.00. The van der Waals surface area contributed by atoms with E-state index < -0.39 is 11.7 Å². The summed E-state index contributed by atoms with van der Waals surface area (Å²) in [4.78, 5) is 23.1. The van der Waals surface area contributed by atoms with Gasteiger partial charge in [0.15, 0.2) is 5.58 Å². The number of anilines is 1. The molecule has 3 aromatic rings. The van der Waals surface area contributed by atoms with Gasteiger partial charge in [0.2, 0.25) is 5.91 Å². The molecule has 25 heavy (non-hydrogen) atoms. The van der Waals surface area contributed by atoms with Gasteiger partial charge in [0.05, 0.1) is 6.42 Å². The number of rotatable bonds is 4. The summed E-state index contributed by atoms with van der Waals surface area (Å²) in [5, 5.41) is 25.9. The third kappa shape index (κ3) is 3.30. The smallest absolute Gasteiger partial charge is 0.339 e. The van der Waals surface area contributed by atoms with Crippen molar-refractivity contribution in [3.8, 4) is 5.75 Å². The average Bonchev–Trinajstić information content (AvgIpc) is 2.90. The second-order valence-corrected chi connectivity index (χ2v) is 5.85. The molecule has 0 aliphatic carbocycles. The SMILES string of the molecule is Cc1cc(C)c2onc(CC(=O)Nc3ccc(C(=O)O)c(O)c3)c2c1. The first kappa shape index (κ1) is 16.5. The van der Waals surface area contributed by atoms with Crippen LogP contribution in [0.15, 0.2) is 34.9 Å². The van der Waals surface area contributed by atoms with Gasteiger partial charge in [-0.25, -0.2) is 4.79 Å². The van der Waals surface area contributed by atoms with Crippen LogP contribution in [0.4, 0.5) is 5.69 Å². The molecule has 0 atom stereocenters. The molecular weight excluding hydrogens is 324 g/mol. The third-order valence-corrected chi connectivity index (χ3v) is 3.82. The second-order valence-electron chi connectivity index (χ2n) is 5.85. The summed E-state index contributed by atoms with van der Waals surface area (Å²) in [7, 11) is 0. The van der Waals surface area contributed by atoms with E-state index in [0.717, 1.165) is 16.5 Å². The third-order valence-electron chi connectivity index (χ3n) is 3.82. The molecule has 1 aromatic heterocycles. The molecule has 0 radical (unpaired) electrons. The van der Waals surface area contributed by atoms with Gasteiger partial charge < -0.3 is 20.1 Å². The molecule has 0 saturated carbocycles. The minimum Gasteiger partial charge on any atom is -0.507 e. The molecule has 7 nitrogen and oxygen atoms in total. The normalized spacial score (nSPS) is 10.8. The highest BCUT2D eigenvalue weighted by Crippen LogP contribution is 2.25. The predicted octanol–water partition coefficient (Wildman–Crippen LogP) is 3.03. The van der Waals surface area contributed by atoms with Crippen LogP contribution in [0.3, 0.4) is 0 Å².